The molecule has 0 aliphatic heterocycles. The van der Waals surface area contributed by atoms with Crippen LogP contribution in [0.25, 0.3) is 11.4 Å². The SMILES string of the molecule is Cc1ccc(-c2n[nH]c(C(C)Oc3ccc(Cl)cc3C)n2)cc1. The number of aryl methyl sites for hydroxylation is 2. The zero-order valence-electron chi connectivity index (χ0n) is 13.3. The Balaban J connectivity index is 1.78. The predicted molar refractivity (Wildman–Crippen MR) is 91.8 cm³/mol. The molecule has 0 spiro atoms. The molecule has 1 atom stereocenters. The molecule has 3 rings (SSSR count). The van der Waals surface area contributed by atoms with E-state index in [0.717, 1.165) is 16.9 Å². The summed E-state index contributed by atoms with van der Waals surface area (Å²) in [6.45, 7) is 5.96. The summed E-state index contributed by atoms with van der Waals surface area (Å²) in [5.41, 5.74) is 3.18. The maximum absolute atomic E-state index is 5.97. The molecule has 5 heteroatoms. The molecule has 1 N–H and O–H groups in total. The average Bonchev–Trinajstić information content (AvgIpc) is 3.01. The van der Waals surface area contributed by atoms with E-state index in [-0.39, 0.29) is 6.10 Å². The number of rotatable bonds is 4. The molecule has 3 aromatic rings. The van der Waals surface area contributed by atoms with E-state index in [1.165, 1.54) is 5.56 Å². The van der Waals surface area contributed by atoms with Gasteiger partial charge in [0.25, 0.3) is 0 Å². The van der Waals surface area contributed by atoms with Gasteiger partial charge in [-0.1, -0.05) is 41.4 Å². The van der Waals surface area contributed by atoms with Crippen molar-refractivity contribution in [3.63, 3.8) is 0 Å². The number of nitrogens with one attached hydrogen (secondary N) is 1. The fourth-order valence-electron chi connectivity index (χ4n) is 2.28. The van der Waals surface area contributed by atoms with Gasteiger partial charge in [-0.3, -0.25) is 5.10 Å². The van der Waals surface area contributed by atoms with E-state index in [9.17, 15) is 0 Å². The van der Waals surface area contributed by atoms with E-state index in [1.807, 2.05) is 56.3 Å². The van der Waals surface area contributed by atoms with Gasteiger partial charge in [0.15, 0.2) is 17.8 Å². The first-order valence-electron chi connectivity index (χ1n) is 7.45. The highest BCUT2D eigenvalue weighted by Gasteiger charge is 2.15. The van der Waals surface area contributed by atoms with Crippen LogP contribution in [0.4, 0.5) is 0 Å². The van der Waals surface area contributed by atoms with Crippen molar-refractivity contribution >= 4 is 11.6 Å². The molecule has 0 amide bonds. The van der Waals surface area contributed by atoms with E-state index >= 15 is 0 Å². The molecule has 0 fully saturated rings. The van der Waals surface area contributed by atoms with Crippen LogP contribution in [0, 0.1) is 13.8 Å². The smallest absolute Gasteiger partial charge is 0.181 e. The molecule has 0 aliphatic rings. The lowest BCUT2D eigenvalue weighted by Crippen LogP contribution is -2.06. The van der Waals surface area contributed by atoms with Crippen LogP contribution in [0.3, 0.4) is 0 Å². The molecular weight excluding hydrogens is 310 g/mol. The Hall–Kier alpha value is -2.33. The van der Waals surface area contributed by atoms with Crippen LogP contribution in [-0.2, 0) is 0 Å². The van der Waals surface area contributed by atoms with Crippen molar-refractivity contribution in [2.45, 2.75) is 26.9 Å². The second-order valence-electron chi connectivity index (χ2n) is 5.58. The monoisotopic (exact) mass is 327 g/mol. The minimum absolute atomic E-state index is 0.235. The second kappa shape index (κ2) is 6.42. The molecule has 0 radical (unpaired) electrons. The summed E-state index contributed by atoms with van der Waals surface area (Å²) < 4.78 is 5.96. The summed E-state index contributed by atoms with van der Waals surface area (Å²) >= 11 is 5.97. The fraction of sp³-hybridized carbons (Fsp3) is 0.222. The van der Waals surface area contributed by atoms with Gasteiger partial charge < -0.3 is 4.74 Å². The van der Waals surface area contributed by atoms with Gasteiger partial charge in [0.2, 0.25) is 0 Å². The van der Waals surface area contributed by atoms with Crippen molar-refractivity contribution in [2.24, 2.45) is 0 Å². The molecule has 1 unspecified atom stereocenters. The molecule has 2 aromatic carbocycles. The van der Waals surface area contributed by atoms with Gasteiger partial charge in [-0.05, 0) is 44.5 Å². The summed E-state index contributed by atoms with van der Waals surface area (Å²) in [4.78, 5) is 4.54. The predicted octanol–water partition coefficient (Wildman–Crippen LogP) is 4.88. The van der Waals surface area contributed by atoms with Crippen molar-refractivity contribution in [3.8, 4) is 17.1 Å². The van der Waals surface area contributed by atoms with Crippen molar-refractivity contribution in [3.05, 3.63) is 64.4 Å². The van der Waals surface area contributed by atoms with Crippen LogP contribution in [0.15, 0.2) is 42.5 Å². The standard InChI is InChI=1S/C18H18ClN3O/c1-11-4-6-14(7-5-11)18-20-17(21-22-18)13(3)23-16-9-8-15(19)10-12(16)2/h4-10,13H,1-3H3,(H,20,21,22). The van der Waals surface area contributed by atoms with Gasteiger partial charge >= 0.3 is 0 Å². The second-order valence-corrected chi connectivity index (χ2v) is 6.02. The summed E-state index contributed by atoms with van der Waals surface area (Å²) in [6.07, 6.45) is -0.235. The summed E-state index contributed by atoms with van der Waals surface area (Å²) in [6, 6.07) is 13.7. The lowest BCUT2D eigenvalue weighted by molar-refractivity contribution is 0.215. The zero-order valence-corrected chi connectivity index (χ0v) is 14.1. The zero-order chi connectivity index (χ0) is 16.4. The van der Waals surface area contributed by atoms with Gasteiger partial charge in [0.1, 0.15) is 5.75 Å². The lowest BCUT2D eigenvalue weighted by atomic mass is 10.1. The summed E-state index contributed by atoms with van der Waals surface area (Å²) in [5.74, 6) is 2.15. The van der Waals surface area contributed by atoms with Crippen LogP contribution in [0.1, 0.15) is 30.0 Å². The fourth-order valence-corrected chi connectivity index (χ4v) is 2.51. The van der Waals surface area contributed by atoms with Gasteiger partial charge in [-0.15, -0.1) is 0 Å². The lowest BCUT2D eigenvalue weighted by Gasteiger charge is -2.14. The minimum Gasteiger partial charge on any atom is -0.482 e. The molecule has 4 nitrogen and oxygen atoms in total. The first kappa shape index (κ1) is 15.6. The topological polar surface area (TPSA) is 50.8 Å². The Morgan fingerprint density at radius 2 is 1.83 bits per heavy atom. The molecule has 118 valence electrons. The molecule has 1 heterocycles. The van der Waals surface area contributed by atoms with Gasteiger partial charge in [0, 0.05) is 10.6 Å². The van der Waals surface area contributed by atoms with Gasteiger partial charge in [0.05, 0.1) is 0 Å². The molecular formula is C18H18ClN3O. The Labute approximate surface area is 140 Å². The largest absolute Gasteiger partial charge is 0.482 e. The highest BCUT2D eigenvalue weighted by Crippen LogP contribution is 2.26. The van der Waals surface area contributed by atoms with Crippen LogP contribution in [0.2, 0.25) is 5.02 Å². The maximum Gasteiger partial charge on any atom is 0.181 e. The first-order chi connectivity index (χ1) is 11.0. The number of hydrogen-bond acceptors (Lipinski definition) is 3. The van der Waals surface area contributed by atoms with Crippen molar-refractivity contribution in [1.29, 1.82) is 0 Å². The molecule has 0 bridgehead atoms. The van der Waals surface area contributed by atoms with Gasteiger partial charge in [-0.25, -0.2) is 4.98 Å². The maximum atomic E-state index is 5.97. The third-order valence-corrected chi connectivity index (χ3v) is 3.87. The Kier molecular flexibility index (Phi) is 4.35. The normalized spacial score (nSPS) is 12.2. The molecule has 1 aromatic heterocycles. The highest BCUT2D eigenvalue weighted by atomic mass is 35.5. The molecule has 0 aliphatic carbocycles. The Bertz CT molecular complexity index is 811. The van der Waals surface area contributed by atoms with Crippen molar-refractivity contribution in [2.75, 3.05) is 0 Å². The van der Waals surface area contributed by atoms with Crippen molar-refractivity contribution in [1.82, 2.24) is 15.2 Å². The van der Waals surface area contributed by atoms with Crippen LogP contribution < -0.4 is 4.74 Å². The molecule has 23 heavy (non-hydrogen) atoms. The Morgan fingerprint density at radius 3 is 2.52 bits per heavy atom. The minimum atomic E-state index is -0.235. The van der Waals surface area contributed by atoms with E-state index in [0.29, 0.717) is 16.7 Å². The van der Waals surface area contributed by atoms with E-state index < -0.39 is 0 Å². The number of halogens is 1. The molecule has 0 saturated heterocycles. The summed E-state index contributed by atoms with van der Waals surface area (Å²) in [7, 11) is 0. The first-order valence-corrected chi connectivity index (χ1v) is 7.83. The third-order valence-electron chi connectivity index (χ3n) is 3.64. The van der Waals surface area contributed by atoms with Crippen molar-refractivity contribution < 1.29 is 4.74 Å². The summed E-state index contributed by atoms with van der Waals surface area (Å²) in [5, 5.41) is 7.93. The number of ether oxygens (including phenoxy) is 1. The highest BCUT2D eigenvalue weighted by molar-refractivity contribution is 6.30. The number of aromatic nitrogens is 3. The van der Waals surface area contributed by atoms with E-state index in [2.05, 4.69) is 22.1 Å². The van der Waals surface area contributed by atoms with Crippen LogP contribution >= 0.6 is 11.6 Å². The van der Waals surface area contributed by atoms with E-state index in [4.69, 9.17) is 16.3 Å². The number of H-pyrrole nitrogens is 1. The number of hydrogen-bond donors (Lipinski definition) is 1. The number of aromatic amines is 1. The Morgan fingerprint density at radius 1 is 1.09 bits per heavy atom. The quantitative estimate of drug-likeness (QED) is 0.742. The van der Waals surface area contributed by atoms with E-state index in [1.54, 1.807) is 0 Å². The average molecular weight is 328 g/mol. The van der Waals surface area contributed by atoms with Gasteiger partial charge in [-0.2, -0.15) is 5.10 Å². The van der Waals surface area contributed by atoms with Crippen LogP contribution in [-0.4, -0.2) is 15.2 Å². The molecule has 0 saturated carbocycles. The number of nitrogens with zero attached hydrogens (tertiary/aromatic N) is 2. The third kappa shape index (κ3) is 3.54. The van der Waals surface area contributed by atoms with Crippen LogP contribution in [0.5, 0.6) is 5.75 Å². The number of benzene rings is 2.